The molecule has 2 aliphatic heterocycles. The quantitative estimate of drug-likeness (QED) is 0.606. The molecule has 13 heteroatoms. The third-order valence-electron chi connectivity index (χ3n) is 3.74. The molecule has 9 nitrogen and oxygen atoms in total. The molecule has 0 aromatic carbocycles. The Morgan fingerprint density at radius 1 is 1.50 bits per heavy atom. The minimum atomic E-state index is -3.80. The van der Waals surface area contributed by atoms with Crippen molar-refractivity contribution in [3.63, 3.8) is 0 Å². The lowest BCUT2D eigenvalue weighted by atomic mass is 10.1. The Morgan fingerprint density at radius 3 is 2.77 bits per heavy atom. The van der Waals surface area contributed by atoms with Crippen LogP contribution in [0.4, 0.5) is 19.4 Å². The maximum atomic E-state index is 14.1. The van der Waals surface area contributed by atoms with Gasteiger partial charge in [-0.05, 0) is 6.07 Å². The lowest BCUT2D eigenvalue weighted by molar-refractivity contribution is -0.140. The monoisotopic (exact) mass is 411 g/mol. The van der Waals surface area contributed by atoms with Crippen LogP contribution >= 0.6 is 21.6 Å². The second kappa shape index (κ2) is 7.68. The summed E-state index contributed by atoms with van der Waals surface area (Å²) in [6.07, 6.45) is -6.02. The van der Waals surface area contributed by atoms with Crippen molar-refractivity contribution in [1.82, 2.24) is 9.55 Å². The number of anilines is 1. The first-order valence-electron chi connectivity index (χ1n) is 7.46. The van der Waals surface area contributed by atoms with Crippen LogP contribution in [-0.2, 0) is 9.47 Å². The molecule has 0 saturated carbocycles. The average Bonchev–Trinajstić information content (AvgIpc) is 3.16. The van der Waals surface area contributed by atoms with Crippen LogP contribution in [0.3, 0.4) is 0 Å². The zero-order valence-corrected chi connectivity index (χ0v) is 14.7. The molecule has 144 valence electrons. The van der Waals surface area contributed by atoms with Gasteiger partial charge in [-0.25, -0.2) is 9.59 Å². The number of carbonyl (C=O) groups is 1. The number of nitrogens with zero attached hydrogens (tertiary/aromatic N) is 2. The molecular formula is C13H15F2N3O6S2. The molecule has 26 heavy (non-hydrogen) atoms. The second-order valence-corrected chi connectivity index (χ2v) is 8.11. The number of carbonyl (C=O) groups excluding carboxylic acids is 1. The molecule has 0 spiro atoms. The molecule has 1 amide bonds. The fourth-order valence-corrected chi connectivity index (χ4v) is 4.93. The Balaban J connectivity index is 1.71. The van der Waals surface area contributed by atoms with Crippen LogP contribution in [0.5, 0.6) is 0 Å². The van der Waals surface area contributed by atoms with Gasteiger partial charge in [0.2, 0.25) is 6.23 Å². The zero-order valence-electron chi connectivity index (χ0n) is 13.1. The van der Waals surface area contributed by atoms with Crippen LogP contribution in [0.25, 0.3) is 0 Å². The molecule has 2 saturated heterocycles. The first-order chi connectivity index (χ1) is 12.3. The summed E-state index contributed by atoms with van der Waals surface area (Å²) in [6.45, 7) is -0.835. The smallest absolute Gasteiger partial charge is 0.413 e. The third-order valence-corrected chi connectivity index (χ3v) is 6.24. The van der Waals surface area contributed by atoms with Crippen LogP contribution in [0.2, 0.25) is 0 Å². The van der Waals surface area contributed by atoms with E-state index in [-0.39, 0.29) is 11.9 Å². The van der Waals surface area contributed by atoms with Gasteiger partial charge in [0.05, 0.1) is 6.61 Å². The van der Waals surface area contributed by atoms with Gasteiger partial charge in [0.15, 0.2) is 6.10 Å². The van der Waals surface area contributed by atoms with E-state index < -0.39 is 42.7 Å². The SMILES string of the molecule is O=C(Nc1ccn([C@@H]2O[C@H](CO)[C@@H](O)C2(F)F)c(=O)n1)OC1CSSC1. The van der Waals surface area contributed by atoms with Crippen molar-refractivity contribution in [1.29, 1.82) is 0 Å². The molecule has 0 unspecified atom stereocenters. The fraction of sp³-hybridized carbons (Fsp3) is 0.615. The first kappa shape index (κ1) is 19.4. The normalized spacial score (nSPS) is 28.2. The van der Waals surface area contributed by atoms with Gasteiger partial charge in [-0.15, -0.1) is 0 Å². The number of aliphatic hydroxyl groups excluding tert-OH is 2. The van der Waals surface area contributed by atoms with Crippen molar-refractivity contribution in [3.8, 4) is 0 Å². The number of rotatable bonds is 4. The Bertz CT molecular complexity index is 730. The molecule has 3 heterocycles. The number of halogens is 2. The summed E-state index contributed by atoms with van der Waals surface area (Å²) in [4.78, 5) is 27.3. The van der Waals surface area contributed by atoms with Crippen molar-refractivity contribution in [3.05, 3.63) is 22.7 Å². The summed E-state index contributed by atoms with van der Waals surface area (Å²) in [5, 5.41) is 20.7. The van der Waals surface area contributed by atoms with E-state index in [1.807, 2.05) is 0 Å². The number of amides is 1. The lowest BCUT2D eigenvalue weighted by Crippen LogP contribution is -2.41. The van der Waals surface area contributed by atoms with E-state index in [1.54, 1.807) is 21.6 Å². The van der Waals surface area contributed by atoms with Gasteiger partial charge < -0.3 is 19.7 Å². The Labute approximate surface area is 153 Å². The van der Waals surface area contributed by atoms with E-state index in [0.717, 1.165) is 12.3 Å². The summed E-state index contributed by atoms with van der Waals surface area (Å²) in [7, 11) is 3.14. The van der Waals surface area contributed by atoms with E-state index in [1.165, 1.54) is 0 Å². The van der Waals surface area contributed by atoms with Crippen LogP contribution in [-0.4, -0.2) is 68.2 Å². The third kappa shape index (κ3) is 3.81. The van der Waals surface area contributed by atoms with Gasteiger partial charge in [-0.1, -0.05) is 21.6 Å². The molecule has 1 aromatic rings. The highest BCUT2D eigenvalue weighted by molar-refractivity contribution is 8.77. The molecule has 0 bridgehead atoms. The molecule has 0 aliphatic carbocycles. The molecular weight excluding hydrogens is 396 g/mol. The fourth-order valence-electron chi connectivity index (χ4n) is 2.43. The number of alkyl halides is 2. The predicted octanol–water partition coefficient (Wildman–Crippen LogP) is 0.441. The zero-order chi connectivity index (χ0) is 18.9. The number of hydrogen-bond acceptors (Lipinski definition) is 9. The van der Waals surface area contributed by atoms with Gasteiger partial charge >= 0.3 is 17.7 Å². The van der Waals surface area contributed by atoms with Gasteiger partial charge in [0, 0.05) is 17.7 Å². The highest BCUT2D eigenvalue weighted by Crippen LogP contribution is 2.42. The van der Waals surface area contributed by atoms with Crippen molar-refractivity contribution in [2.75, 3.05) is 23.4 Å². The summed E-state index contributed by atoms with van der Waals surface area (Å²) >= 11 is 0. The molecule has 3 N–H and O–H groups in total. The van der Waals surface area contributed by atoms with E-state index in [2.05, 4.69) is 10.3 Å². The lowest BCUT2D eigenvalue weighted by Gasteiger charge is -2.21. The Morgan fingerprint density at radius 2 is 2.19 bits per heavy atom. The largest absolute Gasteiger partial charge is 0.444 e. The summed E-state index contributed by atoms with van der Waals surface area (Å²) in [5.41, 5.74) is -1.12. The molecule has 3 atom stereocenters. The standard InChI is InChI=1S/C13H15F2N3O6S2/c14-13(15)9(20)7(3-19)24-10(13)18-2-1-8(16-11(18)21)17-12(22)23-6-4-25-26-5-6/h1-2,6-7,9-10,19-20H,3-5H2,(H,16,17,21,22)/t7-,9-,10-/m1/s1. The Kier molecular flexibility index (Phi) is 5.72. The number of aliphatic hydroxyl groups is 2. The van der Waals surface area contributed by atoms with Crippen molar-refractivity contribution in [2.45, 2.75) is 30.5 Å². The topological polar surface area (TPSA) is 123 Å². The minimum Gasteiger partial charge on any atom is -0.444 e. The summed E-state index contributed by atoms with van der Waals surface area (Å²) < 4.78 is 38.6. The van der Waals surface area contributed by atoms with Crippen molar-refractivity contribution >= 4 is 33.5 Å². The maximum Gasteiger partial charge on any atom is 0.413 e. The Hall–Kier alpha value is -1.41. The van der Waals surface area contributed by atoms with Gasteiger partial charge in [-0.3, -0.25) is 9.88 Å². The molecule has 1 aromatic heterocycles. The van der Waals surface area contributed by atoms with E-state index in [4.69, 9.17) is 14.6 Å². The number of hydrogen-bond donors (Lipinski definition) is 3. The summed E-state index contributed by atoms with van der Waals surface area (Å²) in [6, 6.07) is 1.12. The van der Waals surface area contributed by atoms with E-state index in [9.17, 15) is 23.5 Å². The maximum absolute atomic E-state index is 14.1. The predicted molar refractivity (Wildman–Crippen MR) is 89.3 cm³/mol. The minimum absolute atomic E-state index is 0.171. The summed E-state index contributed by atoms with van der Waals surface area (Å²) in [5.74, 6) is -2.68. The highest BCUT2D eigenvalue weighted by Gasteiger charge is 2.59. The van der Waals surface area contributed by atoms with E-state index in [0.29, 0.717) is 16.1 Å². The van der Waals surface area contributed by atoms with Crippen LogP contribution < -0.4 is 11.0 Å². The molecule has 3 rings (SSSR count). The van der Waals surface area contributed by atoms with Crippen LogP contribution in [0, 0.1) is 0 Å². The van der Waals surface area contributed by atoms with Crippen LogP contribution in [0.15, 0.2) is 17.1 Å². The van der Waals surface area contributed by atoms with Gasteiger partial charge in [-0.2, -0.15) is 13.8 Å². The van der Waals surface area contributed by atoms with Gasteiger partial charge in [0.25, 0.3) is 0 Å². The van der Waals surface area contributed by atoms with Crippen molar-refractivity contribution in [2.24, 2.45) is 0 Å². The second-order valence-electron chi connectivity index (χ2n) is 5.55. The van der Waals surface area contributed by atoms with Crippen LogP contribution in [0.1, 0.15) is 6.23 Å². The van der Waals surface area contributed by atoms with Gasteiger partial charge in [0.1, 0.15) is 18.0 Å². The molecule has 2 aliphatic rings. The molecule has 0 radical (unpaired) electrons. The number of ether oxygens (including phenoxy) is 2. The average molecular weight is 411 g/mol. The first-order valence-corrected chi connectivity index (χ1v) is 9.95. The highest BCUT2D eigenvalue weighted by atomic mass is 33.1. The molecule has 2 fully saturated rings. The van der Waals surface area contributed by atoms with E-state index >= 15 is 0 Å². The number of aromatic nitrogens is 2. The number of nitrogens with one attached hydrogen (secondary N) is 1. The van der Waals surface area contributed by atoms with Crippen molar-refractivity contribution < 1.29 is 33.3 Å².